The van der Waals surface area contributed by atoms with Crippen LogP contribution in [0.4, 0.5) is 0 Å². The molecule has 5 heteroatoms. The lowest BCUT2D eigenvalue weighted by Crippen LogP contribution is -2.59. The number of ether oxygens (including phenoxy) is 2. The molecule has 1 spiro atoms. The van der Waals surface area contributed by atoms with E-state index in [-0.39, 0.29) is 23.7 Å². The van der Waals surface area contributed by atoms with Crippen LogP contribution in [0, 0.1) is 0 Å². The molecule has 1 aromatic rings. The Hall–Kier alpha value is -0.910. The third kappa shape index (κ3) is 2.74. The molecule has 0 aromatic heterocycles. The predicted octanol–water partition coefficient (Wildman–Crippen LogP) is 2.86. The van der Waals surface area contributed by atoms with Crippen molar-refractivity contribution < 1.29 is 14.3 Å². The summed E-state index contributed by atoms with van der Waals surface area (Å²) in [5, 5.41) is 0. The maximum Gasteiger partial charge on any atom is 0.255 e. The van der Waals surface area contributed by atoms with Gasteiger partial charge in [-0.3, -0.25) is 4.79 Å². The molecule has 1 aromatic carbocycles. The van der Waals surface area contributed by atoms with Crippen molar-refractivity contribution >= 4 is 21.8 Å². The van der Waals surface area contributed by atoms with Gasteiger partial charge in [0.2, 0.25) is 0 Å². The summed E-state index contributed by atoms with van der Waals surface area (Å²) in [5.74, 6) is 0.0519. The van der Waals surface area contributed by atoms with Gasteiger partial charge in [-0.25, -0.2) is 0 Å². The van der Waals surface area contributed by atoms with Crippen LogP contribution in [-0.4, -0.2) is 48.3 Å². The van der Waals surface area contributed by atoms with Gasteiger partial charge in [0, 0.05) is 24.0 Å². The number of nitrogens with zero attached hydrogens (tertiary/aromatic N) is 1. The van der Waals surface area contributed by atoms with E-state index in [0.717, 1.165) is 10.9 Å². The van der Waals surface area contributed by atoms with E-state index >= 15 is 0 Å². The average molecular weight is 354 g/mol. The second-order valence-corrected chi connectivity index (χ2v) is 6.78. The summed E-state index contributed by atoms with van der Waals surface area (Å²) < 4.78 is 12.7. The third-order valence-electron chi connectivity index (χ3n) is 4.40. The van der Waals surface area contributed by atoms with Crippen LogP contribution < -0.4 is 0 Å². The van der Waals surface area contributed by atoms with Gasteiger partial charge in [-0.2, -0.15) is 0 Å². The van der Waals surface area contributed by atoms with Crippen LogP contribution >= 0.6 is 15.9 Å². The highest BCUT2D eigenvalue weighted by Crippen LogP contribution is 2.35. The molecule has 1 amide bonds. The van der Waals surface area contributed by atoms with E-state index in [0.29, 0.717) is 25.3 Å². The summed E-state index contributed by atoms with van der Waals surface area (Å²) in [7, 11) is 0. The van der Waals surface area contributed by atoms with Crippen molar-refractivity contribution in [3.8, 4) is 0 Å². The minimum Gasteiger partial charge on any atom is -0.375 e. The molecule has 2 heterocycles. The van der Waals surface area contributed by atoms with Crippen LogP contribution in [0.2, 0.25) is 0 Å². The largest absolute Gasteiger partial charge is 0.375 e. The summed E-state index contributed by atoms with van der Waals surface area (Å²) in [6, 6.07) is 7.55. The fourth-order valence-electron chi connectivity index (χ4n) is 3.26. The van der Waals surface area contributed by atoms with Crippen LogP contribution in [0.5, 0.6) is 0 Å². The monoisotopic (exact) mass is 353 g/mol. The zero-order valence-corrected chi connectivity index (χ0v) is 13.9. The maximum atomic E-state index is 12.8. The number of benzene rings is 1. The summed E-state index contributed by atoms with van der Waals surface area (Å²) in [6.45, 7) is 5.97. The number of hydrogen-bond donors (Lipinski definition) is 0. The first-order chi connectivity index (χ1) is 10.0. The minimum atomic E-state index is -0.353. The number of carbonyl (C=O) groups excluding carboxylic acids is 1. The number of carbonyl (C=O) groups is 1. The van der Waals surface area contributed by atoms with E-state index in [2.05, 4.69) is 15.9 Å². The fraction of sp³-hybridized carbons (Fsp3) is 0.562. The van der Waals surface area contributed by atoms with Gasteiger partial charge in [0.15, 0.2) is 0 Å². The van der Waals surface area contributed by atoms with Crippen molar-refractivity contribution in [2.24, 2.45) is 0 Å². The Balaban J connectivity index is 1.85. The molecule has 0 saturated carbocycles. The van der Waals surface area contributed by atoms with Crippen molar-refractivity contribution in [3.63, 3.8) is 0 Å². The molecule has 2 saturated heterocycles. The van der Waals surface area contributed by atoms with Crippen LogP contribution in [0.15, 0.2) is 28.7 Å². The van der Waals surface area contributed by atoms with Gasteiger partial charge in [0.05, 0.1) is 24.3 Å². The lowest BCUT2D eigenvalue weighted by atomic mass is 9.92. The molecular formula is C16H20BrNO3. The molecule has 2 fully saturated rings. The number of rotatable bonds is 1. The van der Waals surface area contributed by atoms with Crippen molar-refractivity contribution in [1.29, 1.82) is 0 Å². The number of amides is 1. The number of hydrogen-bond acceptors (Lipinski definition) is 3. The van der Waals surface area contributed by atoms with Crippen molar-refractivity contribution in [1.82, 2.24) is 4.90 Å². The Kier molecular flexibility index (Phi) is 4.08. The second kappa shape index (κ2) is 5.71. The summed E-state index contributed by atoms with van der Waals surface area (Å²) in [6.07, 6.45) is 0.891. The van der Waals surface area contributed by atoms with Gasteiger partial charge in [0.25, 0.3) is 5.91 Å². The highest BCUT2D eigenvalue weighted by Gasteiger charge is 2.48. The molecule has 2 aliphatic rings. The van der Waals surface area contributed by atoms with Gasteiger partial charge in [-0.05, 0) is 41.9 Å². The van der Waals surface area contributed by atoms with Crippen LogP contribution in [-0.2, 0) is 9.47 Å². The van der Waals surface area contributed by atoms with E-state index in [1.54, 1.807) is 0 Å². The zero-order chi connectivity index (χ0) is 15.0. The molecule has 3 atom stereocenters. The Morgan fingerprint density at radius 3 is 2.81 bits per heavy atom. The van der Waals surface area contributed by atoms with E-state index in [1.165, 1.54) is 0 Å². The second-order valence-electron chi connectivity index (χ2n) is 5.92. The van der Waals surface area contributed by atoms with E-state index in [4.69, 9.17) is 9.47 Å². The number of halogens is 1. The van der Waals surface area contributed by atoms with Crippen LogP contribution in [0.1, 0.15) is 30.6 Å². The van der Waals surface area contributed by atoms with Crippen LogP contribution in [0.25, 0.3) is 0 Å². The highest BCUT2D eigenvalue weighted by atomic mass is 79.9. The van der Waals surface area contributed by atoms with E-state index in [9.17, 15) is 4.79 Å². The smallest absolute Gasteiger partial charge is 0.255 e. The minimum absolute atomic E-state index is 0.0225. The molecule has 2 aliphatic heterocycles. The Morgan fingerprint density at radius 1 is 1.38 bits per heavy atom. The first-order valence-corrected chi connectivity index (χ1v) is 8.14. The summed E-state index contributed by atoms with van der Waals surface area (Å²) in [4.78, 5) is 14.7. The summed E-state index contributed by atoms with van der Waals surface area (Å²) >= 11 is 3.46. The normalized spacial score (nSPS) is 32.6. The Labute approximate surface area is 133 Å². The van der Waals surface area contributed by atoms with Crippen molar-refractivity contribution in [2.45, 2.75) is 38.1 Å². The van der Waals surface area contributed by atoms with Gasteiger partial charge < -0.3 is 14.4 Å². The van der Waals surface area contributed by atoms with Crippen molar-refractivity contribution in [3.05, 3.63) is 34.3 Å². The topological polar surface area (TPSA) is 38.8 Å². The molecule has 21 heavy (non-hydrogen) atoms. The first-order valence-electron chi connectivity index (χ1n) is 7.35. The molecule has 3 rings (SSSR count). The molecule has 0 bridgehead atoms. The predicted molar refractivity (Wildman–Crippen MR) is 83.4 cm³/mol. The number of morpholine rings is 1. The van der Waals surface area contributed by atoms with E-state index < -0.39 is 0 Å². The molecule has 0 unspecified atom stereocenters. The quantitative estimate of drug-likeness (QED) is 0.779. The van der Waals surface area contributed by atoms with Gasteiger partial charge in [0.1, 0.15) is 5.60 Å². The SMILES string of the molecule is C[C@@H]1CN(C(=O)c2ccccc2Br)C[C@@]2(CCO[C@H]2C)O1. The van der Waals surface area contributed by atoms with Gasteiger partial charge in [-0.15, -0.1) is 0 Å². The Bertz CT molecular complexity index is 550. The average Bonchev–Trinajstić information content (AvgIpc) is 2.78. The molecule has 114 valence electrons. The van der Waals surface area contributed by atoms with Gasteiger partial charge in [-0.1, -0.05) is 12.1 Å². The lowest BCUT2D eigenvalue weighted by Gasteiger charge is -2.45. The van der Waals surface area contributed by atoms with E-state index in [1.807, 2.05) is 43.0 Å². The molecule has 4 nitrogen and oxygen atoms in total. The fourth-order valence-corrected chi connectivity index (χ4v) is 3.71. The highest BCUT2D eigenvalue weighted by molar-refractivity contribution is 9.10. The molecule has 0 radical (unpaired) electrons. The molecular weight excluding hydrogens is 334 g/mol. The van der Waals surface area contributed by atoms with Crippen LogP contribution in [0.3, 0.4) is 0 Å². The van der Waals surface area contributed by atoms with Crippen molar-refractivity contribution in [2.75, 3.05) is 19.7 Å². The van der Waals surface area contributed by atoms with Gasteiger partial charge >= 0.3 is 0 Å². The third-order valence-corrected chi connectivity index (χ3v) is 5.09. The first kappa shape index (κ1) is 15.0. The molecule has 0 N–H and O–H groups in total. The Morgan fingerprint density at radius 2 is 2.14 bits per heavy atom. The zero-order valence-electron chi connectivity index (χ0n) is 12.3. The lowest BCUT2D eigenvalue weighted by molar-refractivity contribution is -0.160. The maximum absolute atomic E-state index is 12.8. The molecule has 0 aliphatic carbocycles. The standard InChI is InChI=1S/C16H20BrNO3/c1-11-9-18(10-16(21-11)7-8-20-12(16)2)15(19)13-5-3-4-6-14(13)17/h3-6,11-12H,7-10H2,1-2H3/t11-,12+,16-/m1/s1. The summed E-state index contributed by atoms with van der Waals surface area (Å²) in [5.41, 5.74) is 0.350.